The highest BCUT2D eigenvalue weighted by Gasteiger charge is 2.21. The van der Waals surface area contributed by atoms with Crippen LogP contribution in [0.1, 0.15) is 76.8 Å². The molecule has 46 heavy (non-hydrogen) atoms. The van der Waals surface area contributed by atoms with Crippen LogP contribution < -0.4 is 0 Å². The molecule has 0 atom stereocenters. The summed E-state index contributed by atoms with van der Waals surface area (Å²) in [6.45, 7) is 21.1. The molecule has 0 bridgehead atoms. The molecule has 0 fully saturated rings. The number of rotatable bonds is 1. The molecular formula is C45H43F. The van der Waals surface area contributed by atoms with Crippen molar-refractivity contribution in [2.24, 2.45) is 0 Å². The Labute approximate surface area is 274 Å². The molecule has 6 aromatic rings. The number of halogens is 1. The van der Waals surface area contributed by atoms with Crippen molar-refractivity contribution in [3.63, 3.8) is 0 Å². The van der Waals surface area contributed by atoms with Crippen LogP contribution in [0.25, 0.3) is 32.7 Å². The highest BCUT2D eigenvalue weighted by atomic mass is 19.1. The molecule has 230 valence electrons. The van der Waals surface area contributed by atoms with Gasteiger partial charge >= 0.3 is 0 Å². The van der Waals surface area contributed by atoms with Crippen LogP contribution in [0.2, 0.25) is 0 Å². The third-order valence-electron chi connectivity index (χ3n) is 8.88. The van der Waals surface area contributed by atoms with Gasteiger partial charge in [0.25, 0.3) is 0 Å². The number of hydrogen-bond donors (Lipinski definition) is 0. The Hall–Kier alpha value is -5.01. The third kappa shape index (κ3) is 6.37. The average molecular weight is 603 g/mol. The molecule has 0 spiro atoms. The average Bonchev–Trinajstić information content (AvgIpc) is 3.09. The van der Waals surface area contributed by atoms with E-state index in [1.165, 1.54) is 74.2 Å². The summed E-state index contributed by atoms with van der Waals surface area (Å²) in [5, 5.41) is 4.66. The summed E-state index contributed by atoms with van der Waals surface area (Å²) in [5.74, 6) is -0.197. The van der Waals surface area contributed by atoms with Gasteiger partial charge in [-0.05, 0) is 109 Å². The largest absolute Gasteiger partial charge is 0.207 e. The van der Waals surface area contributed by atoms with Crippen molar-refractivity contribution in [2.45, 2.75) is 46.5 Å². The number of fused-ring (bicyclic) bond motifs is 8. The van der Waals surface area contributed by atoms with Crippen molar-refractivity contribution < 1.29 is 4.39 Å². The summed E-state index contributed by atoms with van der Waals surface area (Å²) in [7, 11) is 0. The van der Waals surface area contributed by atoms with Crippen molar-refractivity contribution >= 4 is 32.7 Å². The summed E-state index contributed by atoms with van der Waals surface area (Å²) in [4.78, 5) is 0. The number of hydrogen-bond acceptors (Lipinski definition) is 0. The molecule has 0 saturated heterocycles. The predicted molar refractivity (Wildman–Crippen MR) is 199 cm³/mol. The highest BCUT2D eigenvalue weighted by Crippen LogP contribution is 2.40. The van der Waals surface area contributed by atoms with Gasteiger partial charge in [0.15, 0.2) is 0 Å². The summed E-state index contributed by atoms with van der Waals surface area (Å²) in [5.41, 5.74) is 13.7. The Balaban J connectivity index is 0.000000155. The standard InChI is InChI=1S/C20H16.C19H13F.C4H10.C2H4/c1-13-7-10-19-16(11-13)8-9-17-12-15-5-3-4-6-18(15)14(2)20(17)19;1-12-17-5-3-2-4-14(17)10-15-7-6-13-8-9-16(20)11-18(13)19(12)15;1-3-4-2;1-2/h3-11H,2,12H2,1H3;2-9,11H,1,10H2;3-4H2,1-2H3;1-2H2. The Morgan fingerprint density at radius 3 is 1.61 bits per heavy atom. The van der Waals surface area contributed by atoms with Crippen molar-refractivity contribution in [3.05, 3.63) is 191 Å². The van der Waals surface area contributed by atoms with E-state index in [0.29, 0.717) is 0 Å². The normalized spacial score (nSPS) is 12.2. The first kappa shape index (κ1) is 32.4. The van der Waals surface area contributed by atoms with Gasteiger partial charge in [-0.25, -0.2) is 4.39 Å². The van der Waals surface area contributed by atoms with E-state index < -0.39 is 0 Å². The third-order valence-corrected chi connectivity index (χ3v) is 8.88. The van der Waals surface area contributed by atoms with Gasteiger partial charge in [0.05, 0.1) is 0 Å². The van der Waals surface area contributed by atoms with Gasteiger partial charge in [0.1, 0.15) is 5.82 Å². The SMILES string of the molecule is C=C.C=C1c2ccccc2Cc2ccc3cc(C)ccc3c21.C=C1c2ccccc2Cc2ccc3ccc(F)cc3c21.CCCC. The van der Waals surface area contributed by atoms with E-state index in [1.54, 1.807) is 6.07 Å². The summed E-state index contributed by atoms with van der Waals surface area (Å²) in [6, 6.07) is 37.3. The Morgan fingerprint density at radius 2 is 1.04 bits per heavy atom. The van der Waals surface area contributed by atoms with E-state index in [0.717, 1.165) is 40.3 Å². The Morgan fingerprint density at radius 1 is 0.543 bits per heavy atom. The zero-order valence-electron chi connectivity index (χ0n) is 27.4. The van der Waals surface area contributed by atoms with Crippen molar-refractivity contribution in [2.75, 3.05) is 0 Å². The number of benzene rings is 6. The first-order valence-electron chi connectivity index (χ1n) is 16.2. The van der Waals surface area contributed by atoms with Crippen LogP contribution in [0, 0.1) is 12.7 Å². The maximum atomic E-state index is 13.6. The molecule has 0 aliphatic heterocycles. The van der Waals surface area contributed by atoms with Gasteiger partial charge in [-0.3, -0.25) is 0 Å². The summed E-state index contributed by atoms with van der Waals surface area (Å²) < 4.78 is 13.6. The molecule has 0 amide bonds. The topological polar surface area (TPSA) is 0 Å². The lowest BCUT2D eigenvalue weighted by Crippen LogP contribution is -2.06. The minimum atomic E-state index is -0.197. The highest BCUT2D eigenvalue weighted by molar-refractivity contribution is 6.01. The minimum absolute atomic E-state index is 0.197. The van der Waals surface area contributed by atoms with Gasteiger partial charge in [0.2, 0.25) is 0 Å². The second kappa shape index (κ2) is 14.4. The molecule has 0 N–H and O–H groups in total. The summed E-state index contributed by atoms with van der Waals surface area (Å²) in [6.07, 6.45) is 4.53. The van der Waals surface area contributed by atoms with E-state index in [4.69, 9.17) is 0 Å². The van der Waals surface area contributed by atoms with Crippen LogP contribution in [0.15, 0.2) is 136 Å². The fourth-order valence-electron chi connectivity index (χ4n) is 6.46. The monoisotopic (exact) mass is 602 g/mol. The molecule has 0 radical (unpaired) electrons. The molecule has 1 heteroatoms. The molecule has 0 aromatic heterocycles. The van der Waals surface area contributed by atoms with Gasteiger partial charge in [-0.2, -0.15) is 0 Å². The van der Waals surface area contributed by atoms with Gasteiger partial charge in [-0.1, -0.05) is 142 Å². The van der Waals surface area contributed by atoms with E-state index in [1.807, 2.05) is 12.1 Å². The Bertz CT molecular complexity index is 2060. The minimum Gasteiger partial charge on any atom is -0.207 e. The van der Waals surface area contributed by atoms with Crippen LogP contribution in [-0.4, -0.2) is 0 Å². The van der Waals surface area contributed by atoms with Crippen LogP contribution in [0.3, 0.4) is 0 Å². The van der Waals surface area contributed by atoms with E-state index in [2.05, 4.69) is 132 Å². The molecular weight excluding hydrogens is 559 g/mol. The fraction of sp³-hybridized carbons (Fsp3) is 0.156. The predicted octanol–water partition coefficient (Wildman–Crippen LogP) is 12.7. The zero-order valence-corrected chi connectivity index (χ0v) is 27.4. The first-order valence-corrected chi connectivity index (χ1v) is 16.2. The smallest absolute Gasteiger partial charge is 0.123 e. The molecule has 0 nitrogen and oxygen atoms in total. The Kier molecular flexibility index (Phi) is 10.1. The van der Waals surface area contributed by atoms with Crippen LogP contribution >= 0.6 is 0 Å². The van der Waals surface area contributed by atoms with E-state index in [9.17, 15) is 4.39 Å². The van der Waals surface area contributed by atoms with Crippen molar-refractivity contribution in [3.8, 4) is 0 Å². The lowest BCUT2D eigenvalue weighted by Gasteiger charge is -2.23. The summed E-state index contributed by atoms with van der Waals surface area (Å²) >= 11 is 0. The lowest BCUT2D eigenvalue weighted by molar-refractivity contribution is 0.629. The second-order valence-corrected chi connectivity index (χ2v) is 11.9. The maximum Gasteiger partial charge on any atom is 0.123 e. The van der Waals surface area contributed by atoms with Crippen molar-refractivity contribution in [1.82, 2.24) is 0 Å². The van der Waals surface area contributed by atoms with E-state index in [-0.39, 0.29) is 5.82 Å². The van der Waals surface area contributed by atoms with Crippen LogP contribution in [-0.2, 0) is 12.8 Å². The molecule has 2 aliphatic rings. The van der Waals surface area contributed by atoms with Gasteiger partial charge in [-0.15, -0.1) is 13.2 Å². The molecule has 0 unspecified atom stereocenters. The van der Waals surface area contributed by atoms with Crippen LogP contribution in [0.4, 0.5) is 4.39 Å². The molecule has 0 saturated carbocycles. The fourth-order valence-corrected chi connectivity index (χ4v) is 6.46. The van der Waals surface area contributed by atoms with Gasteiger partial charge in [0, 0.05) is 0 Å². The molecule has 6 aromatic carbocycles. The number of unbranched alkanes of at least 4 members (excludes halogenated alkanes) is 1. The van der Waals surface area contributed by atoms with Gasteiger partial charge < -0.3 is 0 Å². The van der Waals surface area contributed by atoms with E-state index >= 15 is 0 Å². The zero-order chi connectivity index (χ0) is 32.8. The van der Waals surface area contributed by atoms with Crippen molar-refractivity contribution in [1.29, 1.82) is 0 Å². The molecule has 2 aliphatic carbocycles. The quantitative estimate of drug-likeness (QED) is 0.164. The first-order chi connectivity index (χ1) is 22.4. The maximum absolute atomic E-state index is 13.6. The molecule has 8 rings (SSSR count). The number of aryl methyl sites for hydroxylation is 1. The second-order valence-electron chi connectivity index (χ2n) is 11.9. The molecule has 0 heterocycles. The lowest BCUT2D eigenvalue weighted by atomic mass is 9.80. The van der Waals surface area contributed by atoms with Crippen LogP contribution in [0.5, 0.6) is 0 Å².